The molecule has 0 aliphatic carbocycles. The van der Waals surface area contributed by atoms with Crippen molar-refractivity contribution >= 4 is 22.6 Å². The first kappa shape index (κ1) is 11.4. The second-order valence-corrected chi connectivity index (χ2v) is 4.54. The average Bonchev–Trinajstić information content (AvgIpc) is 2.58. The Hall–Kier alpha value is -1.06. The summed E-state index contributed by atoms with van der Waals surface area (Å²) in [6.45, 7) is 5.04. The molecule has 0 aliphatic rings. The molecule has 2 rings (SSSR count). The first-order valence-electron chi connectivity index (χ1n) is 5.45. The van der Waals surface area contributed by atoms with Gasteiger partial charge in [0.2, 0.25) is 0 Å². The molecule has 1 aromatic heterocycles. The lowest BCUT2D eigenvalue weighted by Gasteiger charge is -2.13. The minimum Gasteiger partial charge on any atom is -0.323 e. The molecule has 86 valence electrons. The summed E-state index contributed by atoms with van der Waals surface area (Å²) in [6, 6.07) is 6.20. The summed E-state index contributed by atoms with van der Waals surface area (Å²) >= 11 is 6.24. The molecule has 0 radical (unpaired) electrons. The molecule has 1 aromatic carbocycles. The number of rotatable bonds is 3. The molecule has 0 saturated carbocycles. The summed E-state index contributed by atoms with van der Waals surface area (Å²) in [6.07, 6.45) is 0. The van der Waals surface area contributed by atoms with Gasteiger partial charge in [0.25, 0.3) is 0 Å². The Labute approximate surface area is 100 Å². The van der Waals surface area contributed by atoms with E-state index in [1.165, 1.54) is 0 Å². The Morgan fingerprint density at radius 3 is 2.81 bits per heavy atom. The number of halogens is 1. The molecule has 16 heavy (non-hydrogen) atoms. The van der Waals surface area contributed by atoms with Crippen molar-refractivity contribution < 1.29 is 0 Å². The number of benzene rings is 1. The van der Waals surface area contributed by atoms with E-state index >= 15 is 0 Å². The summed E-state index contributed by atoms with van der Waals surface area (Å²) in [5.74, 6) is 1.03. The zero-order valence-electron chi connectivity index (χ0n) is 9.79. The van der Waals surface area contributed by atoms with Gasteiger partial charge >= 0.3 is 0 Å². The Kier molecular flexibility index (Phi) is 3.17. The summed E-state index contributed by atoms with van der Waals surface area (Å²) in [5.41, 5.74) is 2.00. The zero-order chi connectivity index (χ0) is 11.7. The van der Waals surface area contributed by atoms with Crippen LogP contribution < -0.4 is 5.32 Å². The number of nitrogens with zero attached hydrogens (tertiary/aromatic N) is 2. The van der Waals surface area contributed by atoms with Crippen LogP contribution in [0.3, 0.4) is 0 Å². The van der Waals surface area contributed by atoms with Crippen LogP contribution in [0.25, 0.3) is 11.0 Å². The highest BCUT2D eigenvalue weighted by Crippen LogP contribution is 2.27. The van der Waals surface area contributed by atoms with E-state index < -0.39 is 0 Å². The molecule has 3 nitrogen and oxygen atoms in total. The van der Waals surface area contributed by atoms with Gasteiger partial charge in [-0.3, -0.25) is 0 Å². The fraction of sp³-hybridized carbons (Fsp3) is 0.417. The van der Waals surface area contributed by atoms with E-state index in [1.54, 1.807) is 0 Å². The Morgan fingerprint density at radius 1 is 1.44 bits per heavy atom. The summed E-state index contributed by atoms with van der Waals surface area (Å²) in [7, 11) is 1.92. The predicted molar refractivity (Wildman–Crippen MR) is 67.9 cm³/mol. The third-order valence-corrected chi connectivity index (χ3v) is 2.89. The molecule has 0 spiro atoms. The lowest BCUT2D eigenvalue weighted by Crippen LogP contribution is -2.13. The molecule has 0 aliphatic heterocycles. The van der Waals surface area contributed by atoms with Gasteiger partial charge < -0.3 is 9.88 Å². The summed E-state index contributed by atoms with van der Waals surface area (Å²) in [5, 5.41) is 3.90. The smallest absolute Gasteiger partial charge is 0.124 e. The molecule has 0 unspecified atom stereocenters. The molecule has 1 N–H and O–H groups in total. The standard InChI is InChI=1S/C12H16ClN3/c1-8(2)16-11(7-14-3)15-10-6-4-5-9(13)12(10)16/h4-6,8,14H,7H2,1-3H3. The van der Waals surface area contributed by atoms with Crippen LogP contribution in [0.4, 0.5) is 0 Å². The van der Waals surface area contributed by atoms with Crippen molar-refractivity contribution in [3.8, 4) is 0 Å². The van der Waals surface area contributed by atoms with Gasteiger partial charge in [-0.15, -0.1) is 0 Å². The van der Waals surface area contributed by atoms with Crippen LogP contribution in [0.1, 0.15) is 25.7 Å². The molecular formula is C12H16ClN3. The van der Waals surface area contributed by atoms with Crippen molar-refractivity contribution in [1.82, 2.24) is 14.9 Å². The molecule has 0 fully saturated rings. The maximum absolute atomic E-state index is 6.24. The van der Waals surface area contributed by atoms with Gasteiger partial charge in [-0.2, -0.15) is 0 Å². The maximum atomic E-state index is 6.24. The van der Waals surface area contributed by atoms with Crippen molar-refractivity contribution in [2.45, 2.75) is 26.4 Å². The highest BCUT2D eigenvalue weighted by molar-refractivity contribution is 6.35. The van der Waals surface area contributed by atoms with Crippen LogP contribution >= 0.6 is 11.6 Å². The van der Waals surface area contributed by atoms with Crippen molar-refractivity contribution in [1.29, 1.82) is 0 Å². The van der Waals surface area contributed by atoms with E-state index in [4.69, 9.17) is 11.6 Å². The maximum Gasteiger partial charge on any atom is 0.124 e. The molecule has 0 amide bonds. The number of para-hydroxylation sites is 1. The lowest BCUT2D eigenvalue weighted by atomic mass is 10.3. The molecular weight excluding hydrogens is 222 g/mol. The number of hydrogen-bond acceptors (Lipinski definition) is 2. The van der Waals surface area contributed by atoms with E-state index in [2.05, 4.69) is 28.7 Å². The van der Waals surface area contributed by atoms with Crippen molar-refractivity contribution in [3.63, 3.8) is 0 Å². The summed E-state index contributed by atoms with van der Waals surface area (Å²) < 4.78 is 2.19. The van der Waals surface area contributed by atoms with Crippen LogP contribution in [0.2, 0.25) is 5.02 Å². The number of hydrogen-bond donors (Lipinski definition) is 1. The number of aromatic nitrogens is 2. The van der Waals surface area contributed by atoms with Crippen LogP contribution in [-0.2, 0) is 6.54 Å². The van der Waals surface area contributed by atoms with E-state index in [0.717, 1.165) is 28.4 Å². The Bertz CT molecular complexity index is 502. The van der Waals surface area contributed by atoms with Crippen LogP contribution in [0.15, 0.2) is 18.2 Å². The molecule has 1 heterocycles. The zero-order valence-corrected chi connectivity index (χ0v) is 10.5. The number of nitrogens with one attached hydrogen (secondary N) is 1. The van der Waals surface area contributed by atoms with Gasteiger partial charge in [-0.1, -0.05) is 17.7 Å². The third-order valence-electron chi connectivity index (χ3n) is 2.59. The highest BCUT2D eigenvalue weighted by Gasteiger charge is 2.14. The molecule has 2 aromatic rings. The molecule has 0 bridgehead atoms. The summed E-state index contributed by atoms with van der Waals surface area (Å²) in [4.78, 5) is 4.60. The second-order valence-electron chi connectivity index (χ2n) is 4.13. The lowest BCUT2D eigenvalue weighted by molar-refractivity contribution is 0.570. The third kappa shape index (κ3) is 1.81. The van der Waals surface area contributed by atoms with Gasteiger partial charge in [-0.25, -0.2) is 4.98 Å². The fourth-order valence-corrected chi connectivity index (χ4v) is 2.25. The van der Waals surface area contributed by atoms with Gasteiger partial charge in [0.15, 0.2) is 0 Å². The van der Waals surface area contributed by atoms with E-state index in [9.17, 15) is 0 Å². The first-order valence-corrected chi connectivity index (χ1v) is 5.83. The molecule has 4 heteroatoms. The van der Waals surface area contributed by atoms with Gasteiger partial charge in [0.05, 0.1) is 22.6 Å². The minimum atomic E-state index is 0.355. The minimum absolute atomic E-state index is 0.355. The predicted octanol–water partition coefficient (Wildman–Crippen LogP) is 2.99. The Balaban J connectivity index is 2.72. The van der Waals surface area contributed by atoms with E-state index in [1.807, 2.05) is 25.2 Å². The van der Waals surface area contributed by atoms with Gasteiger partial charge in [-0.05, 0) is 33.0 Å². The molecule has 0 saturated heterocycles. The topological polar surface area (TPSA) is 29.9 Å². The average molecular weight is 238 g/mol. The van der Waals surface area contributed by atoms with Crippen LogP contribution in [-0.4, -0.2) is 16.6 Å². The molecule has 0 atom stereocenters. The van der Waals surface area contributed by atoms with E-state index in [-0.39, 0.29) is 0 Å². The first-order chi connectivity index (χ1) is 7.65. The SMILES string of the molecule is CNCc1nc2cccc(Cl)c2n1C(C)C. The van der Waals surface area contributed by atoms with Gasteiger partial charge in [0.1, 0.15) is 5.82 Å². The second kappa shape index (κ2) is 4.44. The highest BCUT2D eigenvalue weighted by atomic mass is 35.5. The van der Waals surface area contributed by atoms with Gasteiger partial charge in [0, 0.05) is 6.04 Å². The normalized spacial score (nSPS) is 11.6. The van der Waals surface area contributed by atoms with E-state index in [0.29, 0.717) is 6.04 Å². The largest absolute Gasteiger partial charge is 0.323 e. The van der Waals surface area contributed by atoms with Crippen LogP contribution in [0.5, 0.6) is 0 Å². The quantitative estimate of drug-likeness (QED) is 0.890. The van der Waals surface area contributed by atoms with Crippen LogP contribution in [0, 0.1) is 0 Å². The number of imidazole rings is 1. The monoisotopic (exact) mass is 237 g/mol. The van der Waals surface area contributed by atoms with Crippen molar-refractivity contribution in [2.75, 3.05) is 7.05 Å². The Morgan fingerprint density at radius 2 is 2.19 bits per heavy atom. The number of fused-ring (bicyclic) bond motifs is 1. The van der Waals surface area contributed by atoms with Crippen molar-refractivity contribution in [2.24, 2.45) is 0 Å². The fourth-order valence-electron chi connectivity index (χ4n) is 1.99. The van der Waals surface area contributed by atoms with Crippen molar-refractivity contribution in [3.05, 3.63) is 29.0 Å².